The predicted molar refractivity (Wildman–Crippen MR) is 125 cm³/mol. The maximum atomic E-state index is 2.40. The van der Waals surface area contributed by atoms with Gasteiger partial charge in [-0.15, -0.1) is 0 Å². The lowest BCUT2D eigenvalue weighted by Crippen LogP contribution is -2.22. The van der Waals surface area contributed by atoms with Crippen LogP contribution in [0.4, 0.5) is 5.69 Å². The summed E-state index contributed by atoms with van der Waals surface area (Å²) < 4.78 is 0. The van der Waals surface area contributed by atoms with Crippen LogP contribution >= 0.6 is 0 Å². The van der Waals surface area contributed by atoms with Gasteiger partial charge in [0.25, 0.3) is 0 Å². The summed E-state index contributed by atoms with van der Waals surface area (Å²) in [7, 11) is 0. The van der Waals surface area contributed by atoms with Gasteiger partial charge in [0.2, 0.25) is 0 Å². The van der Waals surface area contributed by atoms with Crippen molar-refractivity contribution in [1.82, 2.24) is 0 Å². The summed E-state index contributed by atoms with van der Waals surface area (Å²) in [5.74, 6) is 0. The molecule has 0 saturated heterocycles. The fourth-order valence-electron chi connectivity index (χ4n) is 3.43. The van der Waals surface area contributed by atoms with E-state index in [4.69, 9.17) is 0 Å². The molecule has 0 amide bonds. The maximum absolute atomic E-state index is 2.40. The van der Waals surface area contributed by atoms with Gasteiger partial charge in [-0.3, -0.25) is 0 Å². The van der Waals surface area contributed by atoms with E-state index in [9.17, 15) is 0 Å². The van der Waals surface area contributed by atoms with Crippen molar-refractivity contribution in [2.24, 2.45) is 0 Å². The molecule has 0 aliphatic rings. The van der Waals surface area contributed by atoms with E-state index in [2.05, 4.69) is 126 Å². The van der Waals surface area contributed by atoms with Crippen LogP contribution < -0.4 is 4.90 Å². The van der Waals surface area contributed by atoms with Crippen LogP contribution in [0.25, 0.3) is 17.2 Å². The van der Waals surface area contributed by atoms with E-state index in [0.717, 1.165) is 13.1 Å². The van der Waals surface area contributed by atoms with Gasteiger partial charge in [0, 0.05) is 18.8 Å². The molecule has 0 N–H and O–H groups in total. The zero-order valence-electron chi connectivity index (χ0n) is 16.5. The average Bonchev–Trinajstić information content (AvgIpc) is 2.81. The first-order valence-electron chi connectivity index (χ1n) is 10.0. The molecule has 0 aliphatic heterocycles. The monoisotopic (exact) mass is 375 g/mol. The Morgan fingerprint density at radius 3 is 1.76 bits per heavy atom. The van der Waals surface area contributed by atoms with Gasteiger partial charge < -0.3 is 4.90 Å². The van der Waals surface area contributed by atoms with Gasteiger partial charge in [-0.25, -0.2) is 0 Å². The highest BCUT2D eigenvalue weighted by atomic mass is 15.1. The topological polar surface area (TPSA) is 3.24 Å². The third-order valence-electron chi connectivity index (χ3n) is 4.99. The second kappa shape index (κ2) is 9.57. The van der Waals surface area contributed by atoms with Gasteiger partial charge in [0.1, 0.15) is 0 Å². The van der Waals surface area contributed by atoms with Crippen LogP contribution in [0.3, 0.4) is 0 Å². The van der Waals surface area contributed by atoms with Crippen molar-refractivity contribution >= 4 is 11.8 Å². The molecule has 1 heteroatoms. The van der Waals surface area contributed by atoms with Crippen molar-refractivity contribution in [1.29, 1.82) is 0 Å². The molecular weight excluding hydrogens is 350 g/mol. The van der Waals surface area contributed by atoms with E-state index < -0.39 is 0 Å². The average molecular weight is 376 g/mol. The summed E-state index contributed by atoms with van der Waals surface area (Å²) in [5, 5.41) is 0. The largest absolute Gasteiger partial charge is 0.363 e. The van der Waals surface area contributed by atoms with Gasteiger partial charge in [-0.1, -0.05) is 115 Å². The van der Waals surface area contributed by atoms with Crippen molar-refractivity contribution in [2.75, 3.05) is 11.4 Å². The Hall–Kier alpha value is -3.58. The quantitative estimate of drug-likeness (QED) is 0.334. The molecule has 4 rings (SSSR count). The number of para-hydroxylation sites is 1. The SMILES string of the molecule is C(=C\c1ccccc1)/CN(Cc1ccc(-c2ccccc2)cc1)c1ccccc1. The number of rotatable bonds is 7. The van der Waals surface area contributed by atoms with Gasteiger partial charge in [-0.05, 0) is 34.4 Å². The first-order chi connectivity index (χ1) is 14.4. The van der Waals surface area contributed by atoms with Gasteiger partial charge in [0.15, 0.2) is 0 Å². The molecule has 0 atom stereocenters. The van der Waals surface area contributed by atoms with Crippen LogP contribution in [0.2, 0.25) is 0 Å². The Balaban J connectivity index is 1.50. The van der Waals surface area contributed by atoms with Crippen LogP contribution in [-0.4, -0.2) is 6.54 Å². The Morgan fingerprint density at radius 1 is 0.552 bits per heavy atom. The highest BCUT2D eigenvalue weighted by Crippen LogP contribution is 2.22. The van der Waals surface area contributed by atoms with E-state index in [1.54, 1.807) is 0 Å². The molecule has 1 nitrogen and oxygen atoms in total. The smallest absolute Gasteiger partial charge is 0.0432 e. The first kappa shape index (κ1) is 18.8. The predicted octanol–water partition coefficient (Wildman–Crippen LogP) is 7.07. The zero-order valence-corrected chi connectivity index (χ0v) is 16.5. The zero-order chi connectivity index (χ0) is 19.7. The highest BCUT2D eigenvalue weighted by Gasteiger charge is 2.06. The lowest BCUT2D eigenvalue weighted by Gasteiger charge is -2.24. The van der Waals surface area contributed by atoms with Gasteiger partial charge >= 0.3 is 0 Å². The van der Waals surface area contributed by atoms with Crippen molar-refractivity contribution < 1.29 is 0 Å². The summed E-state index contributed by atoms with van der Waals surface area (Å²) in [4.78, 5) is 2.40. The van der Waals surface area contributed by atoms with Gasteiger partial charge in [-0.2, -0.15) is 0 Å². The summed E-state index contributed by atoms with van der Waals surface area (Å²) >= 11 is 0. The Labute approximate surface area is 173 Å². The number of hydrogen-bond acceptors (Lipinski definition) is 1. The fraction of sp³-hybridized carbons (Fsp3) is 0.0714. The van der Waals surface area contributed by atoms with Crippen LogP contribution in [0.15, 0.2) is 121 Å². The standard InChI is InChI=1S/C28H25N/c1-4-11-24(12-5-1)13-10-22-29(28-16-8-3-9-17-28)23-25-18-20-27(21-19-25)26-14-6-2-7-15-26/h1-21H,22-23H2/b13-10+. The van der Waals surface area contributed by atoms with Gasteiger partial charge in [0.05, 0.1) is 0 Å². The Morgan fingerprint density at radius 2 is 1.10 bits per heavy atom. The summed E-state index contributed by atoms with van der Waals surface area (Å²) in [6, 6.07) is 40.5. The van der Waals surface area contributed by atoms with E-state index in [0.29, 0.717) is 0 Å². The minimum atomic E-state index is 0.860. The third kappa shape index (κ3) is 5.24. The molecule has 0 spiro atoms. The molecule has 142 valence electrons. The highest BCUT2D eigenvalue weighted by molar-refractivity contribution is 5.63. The molecule has 4 aromatic rings. The molecule has 0 aliphatic carbocycles. The number of benzene rings is 4. The maximum Gasteiger partial charge on any atom is 0.0432 e. The second-order valence-corrected chi connectivity index (χ2v) is 7.09. The summed E-state index contributed by atoms with van der Waals surface area (Å²) in [6.45, 7) is 1.73. The van der Waals surface area contributed by atoms with E-state index in [1.165, 1.54) is 27.9 Å². The molecule has 0 saturated carbocycles. The van der Waals surface area contributed by atoms with Crippen molar-refractivity contribution in [2.45, 2.75) is 6.54 Å². The van der Waals surface area contributed by atoms with Crippen LogP contribution in [-0.2, 0) is 6.54 Å². The summed E-state index contributed by atoms with van der Waals surface area (Å²) in [5.41, 5.74) is 6.28. The molecule has 0 unspecified atom stereocenters. The molecule has 0 fully saturated rings. The second-order valence-electron chi connectivity index (χ2n) is 7.09. The molecule has 0 radical (unpaired) electrons. The number of anilines is 1. The number of hydrogen-bond donors (Lipinski definition) is 0. The van der Waals surface area contributed by atoms with Crippen molar-refractivity contribution in [3.8, 4) is 11.1 Å². The lowest BCUT2D eigenvalue weighted by molar-refractivity contribution is 0.869. The lowest BCUT2D eigenvalue weighted by atomic mass is 10.0. The minimum absolute atomic E-state index is 0.860. The van der Waals surface area contributed by atoms with Crippen molar-refractivity contribution in [3.05, 3.63) is 132 Å². The summed E-state index contributed by atoms with van der Waals surface area (Å²) in [6.07, 6.45) is 4.43. The molecule has 4 aromatic carbocycles. The fourth-order valence-corrected chi connectivity index (χ4v) is 3.43. The molecule has 0 heterocycles. The molecule has 0 aromatic heterocycles. The number of nitrogens with zero attached hydrogens (tertiary/aromatic N) is 1. The van der Waals surface area contributed by atoms with E-state index in [1.807, 2.05) is 6.07 Å². The Bertz CT molecular complexity index is 1020. The minimum Gasteiger partial charge on any atom is -0.363 e. The Kier molecular flexibility index (Phi) is 6.19. The van der Waals surface area contributed by atoms with Crippen LogP contribution in [0.5, 0.6) is 0 Å². The van der Waals surface area contributed by atoms with Crippen LogP contribution in [0, 0.1) is 0 Å². The van der Waals surface area contributed by atoms with Crippen LogP contribution in [0.1, 0.15) is 11.1 Å². The normalized spacial score (nSPS) is 10.9. The molecule has 29 heavy (non-hydrogen) atoms. The van der Waals surface area contributed by atoms with E-state index in [-0.39, 0.29) is 0 Å². The first-order valence-corrected chi connectivity index (χ1v) is 10.0. The van der Waals surface area contributed by atoms with Crippen molar-refractivity contribution in [3.63, 3.8) is 0 Å². The third-order valence-corrected chi connectivity index (χ3v) is 4.99. The molecule has 0 bridgehead atoms. The van der Waals surface area contributed by atoms with E-state index >= 15 is 0 Å². The molecular formula is C28H25N.